The van der Waals surface area contributed by atoms with Gasteiger partial charge in [0.25, 0.3) is 0 Å². The first-order chi connectivity index (χ1) is 11.4. The second-order valence-electron chi connectivity index (χ2n) is 6.52. The van der Waals surface area contributed by atoms with E-state index in [2.05, 4.69) is 13.8 Å². The van der Waals surface area contributed by atoms with Crippen molar-refractivity contribution in [1.29, 1.82) is 0 Å². The molecule has 0 aromatic heterocycles. The SMILES string of the molecule is CCCC[N+](CCCC)(CCCCS(=O)(=O)[O-])CCOCCOC. The topological polar surface area (TPSA) is 75.7 Å². The minimum absolute atomic E-state index is 0.251. The van der Waals surface area contributed by atoms with Crippen molar-refractivity contribution in [3.8, 4) is 0 Å². The average molecular weight is 368 g/mol. The van der Waals surface area contributed by atoms with E-state index in [1.54, 1.807) is 7.11 Å². The molecule has 0 saturated carbocycles. The van der Waals surface area contributed by atoms with Gasteiger partial charge in [-0.1, -0.05) is 26.7 Å². The molecule has 0 fully saturated rings. The van der Waals surface area contributed by atoms with Gasteiger partial charge in [0.15, 0.2) is 0 Å². The maximum Gasteiger partial charge on any atom is 0.102 e. The summed E-state index contributed by atoms with van der Waals surface area (Å²) >= 11 is 0. The molecule has 0 aliphatic heterocycles. The maximum absolute atomic E-state index is 10.8. The lowest BCUT2D eigenvalue weighted by molar-refractivity contribution is -0.929. The number of rotatable bonds is 17. The maximum atomic E-state index is 10.8. The van der Waals surface area contributed by atoms with E-state index in [1.165, 1.54) is 0 Å². The van der Waals surface area contributed by atoms with Crippen molar-refractivity contribution < 1.29 is 26.9 Å². The number of nitrogens with zero attached hydrogens (tertiary/aromatic N) is 1. The van der Waals surface area contributed by atoms with Gasteiger partial charge in [-0.15, -0.1) is 0 Å². The van der Waals surface area contributed by atoms with Crippen LogP contribution in [0.15, 0.2) is 0 Å². The van der Waals surface area contributed by atoms with Crippen molar-refractivity contribution in [3.05, 3.63) is 0 Å². The summed E-state index contributed by atoms with van der Waals surface area (Å²) in [5, 5.41) is 0. The van der Waals surface area contributed by atoms with Gasteiger partial charge in [-0.3, -0.25) is 0 Å². The first kappa shape index (κ1) is 23.8. The number of ether oxygens (including phenoxy) is 2. The highest BCUT2D eigenvalue weighted by Gasteiger charge is 2.25. The molecule has 0 spiro atoms. The van der Waals surface area contributed by atoms with E-state index < -0.39 is 10.1 Å². The molecule has 0 N–H and O–H groups in total. The van der Waals surface area contributed by atoms with Crippen LogP contribution in [0.3, 0.4) is 0 Å². The predicted octanol–water partition coefficient (Wildman–Crippen LogP) is 2.39. The van der Waals surface area contributed by atoms with Gasteiger partial charge < -0.3 is 18.5 Å². The van der Waals surface area contributed by atoms with Crippen LogP contribution in [0.5, 0.6) is 0 Å². The van der Waals surface area contributed by atoms with Gasteiger partial charge in [0.05, 0.1) is 49.6 Å². The predicted molar refractivity (Wildman–Crippen MR) is 96.0 cm³/mol. The molecule has 0 aliphatic rings. The Labute approximate surface area is 148 Å². The van der Waals surface area contributed by atoms with E-state index in [4.69, 9.17) is 9.47 Å². The van der Waals surface area contributed by atoms with Gasteiger partial charge in [0.2, 0.25) is 0 Å². The third-order valence-corrected chi connectivity index (χ3v) is 5.18. The first-order valence-corrected chi connectivity index (χ1v) is 10.8. The van der Waals surface area contributed by atoms with Gasteiger partial charge in [-0.25, -0.2) is 8.42 Å². The van der Waals surface area contributed by atoms with Crippen molar-refractivity contribution in [2.24, 2.45) is 0 Å². The summed E-state index contributed by atoms with van der Waals surface area (Å²) in [6, 6.07) is 0. The Kier molecular flexibility index (Phi) is 13.9. The van der Waals surface area contributed by atoms with E-state index in [0.717, 1.165) is 62.8 Å². The Morgan fingerprint density at radius 2 is 1.42 bits per heavy atom. The van der Waals surface area contributed by atoms with E-state index in [9.17, 15) is 13.0 Å². The molecule has 6 nitrogen and oxygen atoms in total. The minimum atomic E-state index is -4.10. The molecule has 0 aromatic carbocycles. The molecule has 0 saturated heterocycles. The van der Waals surface area contributed by atoms with Gasteiger partial charge in [0, 0.05) is 12.9 Å². The summed E-state index contributed by atoms with van der Waals surface area (Å²) in [5.41, 5.74) is 0. The van der Waals surface area contributed by atoms with Crippen molar-refractivity contribution in [1.82, 2.24) is 0 Å². The fourth-order valence-electron chi connectivity index (χ4n) is 2.89. The minimum Gasteiger partial charge on any atom is -0.748 e. The highest BCUT2D eigenvalue weighted by Crippen LogP contribution is 2.15. The molecule has 24 heavy (non-hydrogen) atoms. The monoisotopic (exact) mass is 367 g/mol. The highest BCUT2D eigenvalue weighted by molar-refractivity contribution is 7.85. The summed E-state index contributed by atoms with van der Waals surface area (Å²) in [6.07, 6.45) is 5.82. The quantitative estimate of drug-likeness (QED) is 0.224. The number of quaternary nitrogens is 1. The molecule has 0 bridgehead atoms. The molecule has 0 radical (unpaired) electrons. The Morgan fingerprint density at radius 1 is 0.833 bits per heavy atom. The first-order valence-electron chi connectivity index (χ1n) is 9.24. The zero-order valence-electron chi connectivity index (χ0n) is 15.8. The van der Waals surface area contributed by atoms with E-state index in [-0.39, 0.29) is 5.75 Å². The molecule has 7 heteroatoms. The average Bonchev–Trinajstić information content (AvgIpc) is 2.53. The van der Waals surface area contributed by atoms with Crippen LogP contribution in [0.4, 0.5) is 0 Å². The van der Waals surface area contributed by atoms with Crippen LogP contribution in [0.25, 0.3) is 0 Å². The molecular weight excluding hydrogens is 330 g/mol. The van der Waals surface area contributed by atoms with Crippen LogP contribution < -0.4 is 0 Å². The smallest absolute Gasteiger partial charge is 0.102 e. The Hall–Kier alpha value is -0.210. The van der Waals surface area contributed by atoms with Crippen LogP contribution in [-0.4, -0.2) is 76.3 Å². The van der Waals surface area contributed by atoms with Crippen LogP contribution in [0.1, 0.15) is 52.4 Å². The molecule has 0 aromatic rings. The second kappa shape index (κ2) is 14.0. The van der Waals surface area contributed by atoms with Gasteiger partial charge in [-0.2, -0.15) is 0 Å². The Balaban J connectivity index is 4.58. The number of hydrogen-bond acceptors (Lipinski definition) is 5. The molecule has 0 rings (SSSR count). The zero-order valence-corrected chi connectivity index (χ0v) is 16.6. The normalized spacial score (nSPS) is 12.7. The van der Waals surface area contributed by atoms with E-state index in [0.29, 0.717) is 26.2 Å². The Bertz CT molecular complexity index is 378. The fourth-order valence-corrected chi connectivity index (χ4v) is 3.44. The number of hydrogen-bond donors (Lipinski definition) is 0. The van der Waals surface area contributed by atoms with Crippen LogP contribution in [0.2, 0.25) is 0 Å². The van der Waals surface area contributed by atoms with Gasteiger partial charge in [-0.05, 0) is 25.7 Å². The molecule has 0 heterocycles. The summed E-state index contributed by atoms with van der Waals surface area (Å²) in [6.45, 7) is 10.3. The lowest BCUT2D eigenvalue weighted by Gasteiger charge is -2.39. The highest BCUT2D eigenvalue weighted by atomic mass is 32.2. The largest absolute Gasteiger partial charge is 0.748 e. The molecular formula is C17H37NO5S. The summed E-state index contributed by atoms with van der Waals surface area (Å²) in [4.78, 5) is 0. The molecule has 146 valence electrons. The summed E-state index contributed by atoms with van der Waals surface area (Å²) in [5.74, 6) is -0.251. The summed E-state index contributed by atoms with van der Waals surface area (Å²) < 4.78 is 44.0. The molecule has 0 amide bonds. The van der Waals surface area contributed by atoms with E-state index in [1.807, 2.05) is 0 Å². The van der Waals surface area contributed by atoms with E-state index >= 15 is 0 Å². The summed E-state index contributed by atoms with van der Waals surface area (Å²) in [7, 11) is -2.44. The molecule has 0 aliphatic carbocycles. The molecule has 0 atom stereocenters. The third-order valence-electron chi connectivity index (χ3n) is 4.39. The third kappa shape index (κ3) is 13.1. The van der Waals surface area contributed by atoms with Gasteiger partial charge in [0.1, 0.15) is 6.54 Å². The van der Waals surface area contributed by atoms with Crippen LogP contribution >= 0.6 is 0 Å². The van der Waals surface area contributed by atoms with Crippen LogP contribution in [0, 0.1) is 0 Å². The number of methoxy groups -OCH3 is 1. The van der Waals surface area contributed by atoms with Crippen molar-refractivity contribution >= 4 is 10.1 Å². The van der Waals surface area contributed by atoms with Crippen molar-refractivity contribution in [3.63, 3.8) is 0 Å². The lowest BCUT2D eigenvalue weighted by atomic mass is 10.1. The number of unbranched alkanes of at least 4 members (excludes halogenated alkanes) is 3. The fraction of sp³-hybridized carbons (Fsp3) is 1.00. The zero-order chi connectivity index (χ0) is 18.3. The standard InChI is InChI=1S/C17H37NO5S/c1-4-6-10-18(11-7-5-2,13-14-23-16-15-22-3)12-8-9-17-24(19,20)21/h4-17H2,1-3H3. The molecule has 0 unspecified atom stereocenters. The van der Waals surface area contributed by atoms with Crippen molar-refractivity contribution in [2.45, 2.75) is 52.4 Å². The van der Waals surface area contributed by atoms with Crippen LogP contribution in [-0.2, 0) is 19.6 Å². The van der Waals surface area contributed by atoms with Gasteiger partial charge >= 0.3 is 0 Å². The second-order valence-corrected chi connectivity index (χ2v) is 8.04. The van der Waals surface area contributed by atoms with Crippen molar-refractivity contribution in [2.75, 3.05) is 58.9 Å². The lowest BCUT2D eigenvalue weighted by Crippen LogP contribution is -2.52. The Morgan fingerprint density at radius 3 is 1.92 bits per heavy atom.